The molecule has 1 saturated heterocycles. The van der Waals surface area contributed by atoms with Crippen molar-refractivity contribution in [3.05, 3.63) is 33.8 Å². The number of nitrogens with one attached hydrogen (secondary N) is 1. The Labute approximate surface area is 112 Å². The zero-order valence-electron chi connectivity index (χ0n) is 10.5. The highest BCUT2D eigenvalue weighted by Crippen LogP contribution is 2.37. The summed E-state index contributed by atoms with van der Waals surface area (Å²) in [5.74, 6) is 0.577. The van der Waals surface area contributed by atoms with Crippen LogP contribution in [0, 0.1) is 12.8 Å². The van der Waals surface area contributed by atoms with Crippen LogP contribution >= 0.6 is 15.9 Å². The maximum atomic E-state index is 5.98. The van der Waals surface area contributed by atoms with Gasteiger partial charge in [0.15, 0.2) is 0 Å². The van der Waals surface area contributed by atoms with Gasteiger partial charge in [0, 0.05) is 23.5 Å². The van der Waals surface area contributed by atoms with E-state index in [1.54, 1.807) is 0 Å². The normalized spacial score (nSPS) is 24.9. The van der Waals surface area contributed by atoms with Crippen molar-refractivity contribution in [2.75, 3.05) is 20.2 Å². The van der Waals surface area contributed by atoms with Crippen LogP contribution in [0.15, 0.2) is 22.7 Å². The molecule has 0 spiro atoms. The minimum atomic E-state index is 0.228. The third kappa shape index (κ3) is 3.09. The van der Waals surface area contributed by atoms with Crippen LogP contribution in [0.1, 0.15) is 30.1 Å². The van der Waals surface area contributed by atoms with Gasteiger partial charge in [0.05, 0.1) is 6.10 Å². The topological polar surface area (TPSA) is 21.3 Å². The minimum absolute atomic E-state index is 0.228. The molecule has 0 saturated carbocycles. The lowest BCUT2D eigenvalue weighted by Crippen LogP contribution is -2.30. The van der Waals surface area contributed by atoms with Crippen LogP contribution in [0.25, 0.3) is 0 Å². The minimum Gasteiger partial charge on any atom is -0.373 e. The Morgan fingerprint density at radius 3 is 3.00 bits per heavy atom. The molecule has 2 atom stereocenters. The molecule has 17 heavy (non-hydrogen) atoms. The van der Waals surface area contributed by atoms with Crippen molar-refractivity contribution >= 4 is 15.9 Å². The molecule has 1 heterocycles. The summed E-state index contributed by atoms with van der Waals surface area (Å²) in [7, 11) is 2.01. The predicted molar refractivity (Wildman–Crippen MR) is 74.2 cm³/mol. The summed E-state index contributed by atoms with van der Waals surface area (Å²) in [5.41, 5.74) is 2.57. The number of rotatable bonds is 3. The Morgan fingerprint density at radius 2 is 2.29 bits per heavy atom. The van der Waals surface area contributed by atoms with Gasteiger partial charge in [-0.15, -0.1) is 0 Å². The standard InChI is InChI=1S/C14H20BrNO/c1-10-5-6-12(13(15)8-10)14-11(9-16-2)4-3-7-17-14/h5-6,8,11,14,16H,3-4,7,9H2,1-2H3. The van der Waals surface area contributed by atoms with Gasteiger partial charge in [0.25, 0.3) is 0 Å². The fourth-order valence-electron chi connectivity index (χ4n) is 2.52. The summed E-state index contributed by atoms with van der Waals surface area (Å²) in [6.45, 7) is 4.01. The van der Waals surface area contributed by atoms with Gasteiger partial charge in [-0.3, -0.25) is 0 Å². The quantitative estimate of drug-likeness (QED) is 0.923. The molecule has 1 N–H and O–H groups in total. The summed E-state index contributed by atoms with van der Waals surface area (Å²) in [5, 5.41) is 3.27. The maximum absolute atomic E-state index is 5.98. The fraction of sp³-hybridized carbons (Fsp3) is 0.571. The average Bonchev–Trinajstić information content (AvgIpc) is 2.31. The van der Waals surface area contributed by atoms with E-state index in [9.17, 15) is 0 Å². The number of benzene rings is 1. The highest BCUT2D eigenvalue weighted by atomic mass is 79.9. The Morgan fingerprint density at radius 1 is 1.47 bits per heavy atom. The Balaban J connectivity index is 2.23. The summed E-state index contributed by atoms with van der Waals surface area (Å²) < 4.78 is 7.15. The van der Waals surface area contributed by atoms with E-state index in [4.69, 9.17) is 4.74 Å². The van der Waals surface area contributed by atoms with E-state index in [-0.39, 0.29) is 6.10 Å². The van der Waals surface area contributed by atoms with Gasteiger partial charge in [-0.2, -0.15) is 0 Å². The molecule has 1 aromatic rings. The zero-order chi connectivity index (χ0) is 12.3. The zero-order valence-corrected chi connectivity index (χ0v) is 12.1. The highest BCUT2D eigenvalue weighted by Gasteiger charge is 2.28. The number of ether oxygens (including phenoxy) is 1. The molecule has 1 aliphatic heterocycles. The number of hydrogen-bond donors (Lipinski definition) is 1. The SMILES string of the molecule is CNCC1CCCOC1c1ccc(C)cc1Br. The Hall–Kier alpha value is -0.380. The molecule has 0 amide bonds. The van der Waals surface area contributed by atoms with Crippen LogP contribution in [-0.4, -0.2) is 20.2 Å². The largest absolute Gasteiger partial charge is 0.373 e. The van der Waals surface area contributed by atoms with E-state index in [0.717, 1.165) is 13.2 Å². The van der Waals surface area contributed by atoms with Crippen LogP contribution < -0.4 is 5.32 Å². The summed E-state index contributed by atoms with van der Waals surface area (Å²) in [6.07, 6.45) is 2.64. The Kier molecular flexibility index (Phi) is 4.60. The van der Waals surface area contributed by atoms with Gasteiger partial charge >= 0.3 is 0 Å². The third-order valence-corrected chi connectivity index (χ3v) is 4.06. The molecule has 1 fully saturated rings. The van der Waals surface area contributed by atoms with Gasteiger partial charge in [-0.1, -0.05) is 28.1 Å². The molecule has 0 aromatic heterocycles. The smallest absolute Gasteiger partial charge is 0.0876 e. The van der Waals surface area contributed by atoms with Crippen molar-refractivity contribution in [3.8, 4) is 0 Å². The van der Waals surface area contributed by atoms with E-state index >= 15 is 0 Å². The molecule has 2 unspecified atom stereocenters. The third-order valence-electron chi connectivity index (χ3n) is 3.37. The summed E-state index contributed by atoms with van der Waals surface area (Å²) in [4.78, 5) is 0. The van der Waals surface area contributed by atoms with Gasteiger partial charge in [0.2, 0.25) is 0 Å². The van der Waals surface area contributed by atoms with Crippen molar-refractivity contribution in [2.45, 2.75) is 25.9 Å². The van der Waals surface area contributed by atoms with Gasteiger partial charge in [-0.05, 0) is 44.0 Å². The maximum Gasteiger partial charge on any atom is 0.0876 e. The molecule has 0 aliphatic carbocycles. The highest BCUT2D eigenvalue weighted by molar-refractivity contribution is 9.10. The van der Waals surface area contributed by atoms with Crippen LogP contribution in [0.5, 0.6) is 0 Å². The van der Waals surface area contributed by atoms with Crippen molar-refractivity contribution in [1.82, 2.24) is 5.32 Å². The molecule has 3 heteroatoms. The first-order valence-electron chi connectivity index (χ1n) is 6.24. The number of hydrogen-bond acceptors (Lipinski definition) is 2. The van der Waals surface area contributed by atoms with Gasteiger partial charge in [0.1, 0.15) is 0 Å². The summed E-state index contributed by atoms with van der Waals surface area (Å²) in [6, 6.07) is 6.52. The van der Waals surface area contributed by atoms with E-state index in [2.05, 4.69) is 46.4 Å². The van der Waals surface area contributed by atoms with Crippen molar-refractivity contribution < 1.29 is 4.74 Å². The average molecular weight is 298 g/mol. The van der Waals surface area contributed by atoms with Crippen molar-refractivity contribution in [2.24, 2.45) is 5.92 Å². The first-order valence-corrected chi connectivity index (χ1v) is 7.04. The van der Waals surface area contributed by atoms with E-state index in [1.807, 2.05) is 7.05 Å². The van der Waals surface area contributed by atoms with Gasteiger partial charge in [-0.25, -0.2) is 0 Å². The van der Waals surface area contributed by atoms with E-state index < -0.39 is 0 Å². The monoisotopic (exact) mass is 297 g/mol. The van der Waals surface area contributed by atoms with Crippen LogP contribution in [0.3, 0.4) is 0 Å². The van der Waals surface area contributed by atoms with Crippen molar-refractivity contribution in [3.63, 3.8) is 0 Å². The molecular formula is C14H20BrNO. The van der Waals surface area contributed by atoms with E-state index in [1.165, 1.54) is 28.4 Å². The first-order chi connectivity index (χ1) is 8.22. The number of halogens is 1. The second-order valence-electron chi connectivity index (χ2n) is 4.78. The van der Waals surface area contributed by atoms with Crippen LogP contribution in [0.4, 0.5) is 0 Å². The number of aryl methyl sites for hydroxylation is 1. The molecular weight excluding hydrogens is 278 g/mol. The van der Waals surface area contributed by atoms with Gasteiger partial charge < -0.3 is 10.1 Å². The van der Waals surface area contributed by atoms with E-state index in [0.29, 0.717) is 5.92 Å². The van der Waals surface area contributed by atoms with Crippen molar-refractivity contribution in [1.29, 1.82) is 0 Å². The van der Waals surface area contributed by atoms with Crippen LogP contribution in [0.2, 0.25) is 0 Å². The lowest BCUT2D eigenvalue weighted by Gasteiger charge is -2.32. The molecule has 2 rings (SSSR count). The molecule has 1 aromatic carbocycles. The molecule has 0 radical (unpaired) electrons. The summed E-state index contributed by atoms with van der Waals surface area (Å²) >= 11 is 3.66. The molecule has 0 bridgehead atoms. The first kappa shape index (κ1) is 13.1. The molecule has 1 aliphatic rings. The lowest BCUT2D eigenvalue weighted by atomic mass is 9.89. The molecule has 94 valence electrons. The predicted octanol–water partition coefficient (Wildman–Crippen LogP) is 3.44. The second-order valence-corrected chi connectivity index (χ2v) is 5.63. The lowest BCUT2D eigenvalue weighted by molar-refractivity contribution is -0.0276. The molecule has 2 nitrogen and oxygen atoms in total. The van der Waals surface area contributed by atoms with Crippen LogP contribution in [-0.2, 0) is 4.74 Å². The second kappa shape index (κ2) is 5.98. The fourth-order valence-corrected chi connectivity index (χ4v) is 3.24. The Bertz CT molecular complexity index is 378.